The maximum Gasteiger partial charge on any atom is 0.263 e. The molecule has 8 heteroatoms. The molecule has 1 aliphatic rings. The number of carbonyl (C=O) groups is 1. The Morgan fingerprint density at radius 3 is 2.80 bits per heavy atom. The third-order valence-corrected chi connectivity index (χ3v) is 6.48. The Morgan fingerprint density at radius 1 is 1.27 bits per heavy atom. The van der Waals surface area contributed by atoms with Crippen LogP contribution in [0.5, 0.6) is 5.75 Å². The van der Waals surface area contributed by atoms with Gasteiger partial charge in [-0.15, -0.1) is 11.3 Å². The summed E-state index contributed by atoms with van der Waals surface area (Å²) in [7, 11) is 5.41. The molecule has 7 nitrogen and oxygen atoms in total. The van der Waals surface area contributed by atoms with Gasteiger partial charge in [-0.2, -0.15) is 0 Å². The number of nitrogens with one attached hydrogen (secondary N) is 1. The highest BCUT2D eigenvalue weighted by molar-refractivity contribution is 7.18. The van der Waals surface area contributed by atoms with E-state index in [9.17, 15) is 9.59 Å². The lowest BCUT2D eigenvalue weighted by molar-refractivity contribution is -0.116. The molecule has 1 amide bonds. The second-order valence-electron chi connectivity index (χ2n) is 7.80. The zero-order chi connectivity index (χ0) is 21.3. The highest BCUT2D eigenvalue weighted by atomic mass is 32.1. The number of hydrogen-bond donors (Lipinski definition) is 1. The summed E-state index contributed by atoms with van der Waals surface area (Å²) in [4.78, 5) is 35.2. The molecule has 1 N–H and O–H groups in total. The number of amides is 1. The topological polar surface area (TPSA) is 76.5 Å². The molecule has 0 bridgehead atoms. The SMILES string of the molecule is COc1ccccc1NC(=O)Cn1c(CN(C)C)nc2sc3c(c2c1=O)CCCC3. The van der Waals surface area contributed by atoms with Crippen molar-refractivity contribution in [3.05, 3.63) is 50.9 Å². The first-order chi connectivity index (χ1) is 14.5. The summed E-state index contributed by atoms with van der Waals surface area (Å²) in [5.74, 6) is 0.894. The van der Waals surface area contributed by atoms with E-state index in [-0.39, 0.29) is 18.0 Å². The maximum absolute atomic E-state index is 13.5. The number of rotatable bonds is 6. The van der Waals surface area contributed by atoms with Crippen LogP contribution in [0.25, 0.3) is 10.2 Å². The number of thiophene rings is 1. The van der Waals surface area contributed by atoms with Crippen molar-refractivity contribution in [2.45, 2.75) is 38.8 Å². The van der Waals surface area contributed by atoms with Gasteiger partial charge in [-0.3, -0.25) is 14.2 Å². The molecule has 0 aliphatic heterocycles. The number of anilines is 1. The van der Waals surface area contributed by atoms with E-state index in [1.165, 1.54) is 9.44 Å². The highest BCUT2D eigenvalue weighted by Crippen LogP contribution is 2.34. The normalized spacial score (nSPS) is 13.5. The smallest absolute Gasteiger partial charge is 0.263 e. The lowest BCUT2D eigenvalue weighted by Gasteiger charge is -2.17. The monoisotopic (exact) mass is 426 g/mol. The zero-order valence-electron chi connectivity index (χ0n) is 17.5. The molecule has 30 heavy (non-hydrogen) atoms. The van der Waals surface area contributed by atoms with Crippen molar-refractivity contribution in [2.75, 3.05) is 26.5 Å². The van der Waals surface area contributed by atoms with E-state index >= 15 is 0 Å². The predicted octanol–water partition coefficient (Wildman–Crippen LogP) is 3.05. The lowest BCUT2D eigenvalue weighted by Crippen LogP contribution is -2.33. The van der Waals surface area contributed by atoms with E-state index in [4.69, 9.17) is 9.72 Å². The van der Waals surface area contributed by atoms with Crippen molar-refractivity contribution in [1.82, 2.24) is 14.5 Å². The minimum atomic E-state index is -0.285. The molecular weight excluding hydrogens is 400 g/mol. The van der Waals surface area contributed by atoms with Gasteiger partial charge in [0.05, 0.1) is 24.7 Å². The van der Waals surface area contributed by atoms with Crippen LogP contribution in [0.15, 0.2) is 29.1 Å². The van der Waals surface area contributed by atoms with E-state index in [2.05, 4.69) is 5.32 Å². The molecule has 0 saturated carbocycles. The number of carbonyl (C=O) groups excluding carboxylic acids is 1. The summed E-state index contributed by atoms with van der Waals surface area (Å²) in [6.07, 6.45) is 4.16. The third-order valence-electron chi connectivity index (χ3n) is 5.29. The molecular formula is C22H26N4O3S. The standard InChI is InChI=1S/C22H26N4O3S/c1-25(2)12-18-24-21-20(14-8-4-7-11-17(14)30-21)22(28)26(18)13-19(27)23-15-9-5-6-10-16(15)29-3/h5-6,9-10H,4,7-8,11-13H2,1-3H3,(H,23,27). The van der Waals surface area contributed by atoms with Crippen LogP contribution in [-0.4, -0.2) is 41.6 Å². The molecule has 1 aromatic carbocycles. The van der Waals surface area contributed by atoms with Gasteiger partial charge in [0.15, 0.2) is 0 Å². The van der Waals surface area contributed by atoms with Gasteiger partial charge in [-0.1, -0.05) is 12.1 Å². The molecule has 0 saturated heterocycles. The van der Waals surface area contributed by atoms with Crippen LogP contribution in [0.4, 0.5) is 5.69 Å². The summed E-state index contributed by atoms with van der Waals surface area (Å²) in [5, 5.41) is 3.56. The van der Waals surface area contributed by atoms with Crippen LogP contribution in [0, 0.1) is 0 Å². The molecule has 3 aromatic rings. The molecule has 4 rings (SSSR count). The largest absolute Gasteiger partial charge is 0.495 e. The Kier molecular flexibility index (Phi) is 5.87. The van der Waals surface area contributed by atoms with Crippen LogP contribution < -0.4 is 15.6 Å². The molecule has 0 spiro atoms. The first-order valence-electron chi connectivity index (χ1n) is 10.1. The Morgan fingerprint density at radius 2 is 2.03 bits per heavy atom. The van der Waals surface area contributed by atoms with Gasteiger partial charge >= 0.3 is 0 Å². The van der Waals surface area contributed by atoms with Gasteiger partial charge in [0.1, 0.15) is 22.9 Å². The predicted molar refractivity (Wildman–Crippen MR) is 120 cm³/mol. The van der Waals surface area contributed by atoms with E-state index in [0.717, 1.165) is 36.1 Å². The number of methoxy groups -OCH3 is 1. The van der Waals surface area contributed by atoms with Crippen LogP contribution in [0.1, 0.15) is 29.1 Å². The number of hydrogen-bond acceptors (Lipinski definition) is 6. The molecule has 1 aliphatic carbocycles. The maximum atomic E-state index is 13.5. The number of fused-ring (bicyclic) bond motifs is 3. The molecule has 0 atom stereocenters. The molecule has 158 valence electrons. The zero-order valence-corrected chi connectivity index (χ0v) is 18.3. The van der Waals surface area contributed by atoms with E-state index in [1.54, 1.807) is 30.6 Å². The molecule has 0 fully saturated rings. The van der Waals surface area contributed by atoms with E-state index in [1.807, 2.05) is 31.1 Å². The number of para-hydroxylation sites is 2. The van der Waals surface area contributed by atoms with Crippen LogP contribution in [0.2, 0.25) is 0 Å². The average Bonchev–Trinajstić information content (AvgIpc) is 3.09. The Bertz CT molecular complexity index is 1150. The summed E-state index contributed by atoms with van der Waals surface area (Å²) in [5.41, 5.74) is 1.59. The fraction of sp³-hybridized carbons (Fsp3) is 0.409. The first kappa shape index (κ1) is 20.6. The van der Waals surface area contributed by atoms with Gasteiger partial charge in [0.25, 0.3) is 5.56 Å². The Hall–Kier alpha value is -2.71. The summed E-state index contributed by atoms with van der Waals surface area (Å²) in [6.45, 7) is 0.392. The third kappa shape index (κ3) is 3.97. The van der Waals surface area contributed by atoms with Gasteiger partial charge in [-0.25, -0.2) is 4.98 Å². The molecule has 2 aromatic heterocycles. The van der Waals surface area contributed by atoms with Crippen molar-refractivity contribution >= 4 is 33.1 Å². The summed E-state index contributed by atoms with van der Waals surface area (Å²) >= 11 is 1.63. The van der Waals surface area contributed by atoms with Gasteiger partial charge in [0.2, 0.25) is 5.91 Å². The molecule has 0 radical (unpaired) electrons. The summed E-state index contributed by atoms with van der Waals surface area (Å²) in [6, 6.07) is 7.22. The second-order valence-corrected chi connectivity index (χ2v) is 8.88. The Balaban J connectivity index is 1.73. The van der Waals surface area contributed by atoms with E-state index < -0.39 is 0 Å². The fourth-order valence-corrected chi connectivity index (χ4v) is 5.20. The van der Waals surface area contributed by atoms with Crippen molar-refractivity contribution < 1.29 is 9.53 Å². The highest BCUT2D eigenvalue weighted by Gasteiger charge is 2.23. The van der Waals surface area contributed by atoms with Gasteiger partial charge in [-0.05, 0) is 57.5 Å². The quantitative estimate of drug-likeness (QED) is 0.656. The molecule has 0 unspecified atom stereocenters. The van der Waals surface area contributed by atoms with Gasteiger partial charge < -0.3 is 15.0 Å². The number of benzene rings is 1. The van der Waals surface area contributed by atoms with Crippen molar-refractivity contribution in [1.29, 1.82) is 0 Å². The minimum absolute atomic E-state index is 0.0897. The van der Waals surface area contributed by atoms with Crippen LogP contribution in [-0.2, 0) is 30.7 Å². The average molecular weight is 427 g/mol. The number of aromatic nitrogens is 2. The number of ether oxygens (including phenoxy) is 1. The summed E-state index contributed by atoms with van der Waals surface area (Å²) < 4.78 is 6.83. The molecule has 2 heterocycles. The number of nitrogens with zero attached hydrogens (tertiary/aromatic N) is 3. The van der Waals surface area contributed by atoms with Crippen molar-refractivity contribution in [3.8, 4) is 5.75 Å². The van der Waals surface area contributed by atoms with Crippen LogP contribution in [0.3, 0.4) is 0 Å². The van der Waals surface area contributed by atoms with Crippen LogP contribution >= 0.6 is 11.3 Å². The lowest BCUT2D eigenvalue weighted by atomic mass is 9.97. The van der Waals surface area contributed by atoms with Crippen molar-refractivity contribution in [2.24, 2.45) is 0 Å². The first-order valence-corrected chi connectivity index (χ1v) is 10.9. The second kappa shape index (κ2) is 8.57. The fourth-order valence-electron chi connectivity index (χ4n) is 3.93. The minimum Gasteiger partial charge on any atom is -0.495 e. The van der Waals surface area contributed by atoms with Crippen molar-refractivity contribution in [3.63, 3.8) is 0 Å². The van der Waals surface area contributed by atoms with E-state index in [0.29, 0.717) is 29.2 Å². The Labute approximate surface area is 179 Å². The van der Waals surface area contributed by atoms with Gasteiger partial charge in [0, 0.05) is 4.88 Å². The number of aryl methyl sites for hydroxylation is 2.